The number of fused-ring (bicyclic) bond motifs is 2. The highest BCUT2D eigenvalue weighted by atomic mass is 35.5. The Kier molecular flexibility index (Phi) is 11.5. The minimum Gasteiger partial charge on any atom is -0.380 e. The van der Waals surface area contributed by atoms with Crippen molar-refractivity contribution < 1.29 is 49.7 Å². The van der Waals surface area contributed by atoms with Gasteiger partial charge in [-0.15, -0.1) is 0 Å². The Morgan fingerprint density at radius 2 is 1.31 bits per heavy atom. The Morgan fingerprint density at radius 3 is 1.93 bits per heavy atom. The Balaban J connectivity index is 1.55. The number of rotatable bonds is 12. The highest BCUT2D eigenvalue weighted by molar-refractivity contribution is 6.30. The number of para-hydroxylation sites is 2. The van der Waals surface area contributed by atoms with E-state index in [9.17, 15) is 23.4 Å². The van der Waals surface area contributed by atoms with Crippen molar-refractivity contribution in [2.45, 2.75) is 81.1 Å². The molecule has 0 saturated heterocycles. The summed E-state index contributed by atoms with van der Waals surface area (Å²) >= 11 is 6.30. The van der Waals surface area contributed by atoms with E-state index in [0.29, 0.717) is 28.6 Å². The molecule has 0 radical (unpaired) electrons. The maximum Gasteiger partial charge on any atom is 0.418 e. The van der Waals surface area contributed by atoms with E-state index in [2.05, 4.69) is 9.97 Å². The summed E-state index contributed by atoms with van der Waals surface area (Å²) < 4.78 is 136. The lowest BCUT2D eigenvalue weighted by atomic mass is 9.59. The summed E-state index contributed by atoms with van der Waals surface area (Å²) in [6.45, 7) is 3.88. The van der Waals surface area contributed by atoms with Crippen molar-refractivity contribution in [3.05, 3.63) is 148 Å². The van der Waals surface area contributed by atoms with Gasteiger partial charge in [0.25, 0.3) is 0 Å². The summed E-state index contributed by atoms with van der Waals surface area (Å²) in [6, 6.07) is 24.4. The molecule has 0 saturated carbocycles. The number of H-pyrrole nitrogens is 1. The first-order valence-electron chi connectivity index (χ1n) is 18.4. The zero-order valence-electron chi connectivity index (χ0n) is 31.4. The second-order valence-electron chi connectivity index (χ2n) is 15.7. The molecule has 0 amide bonds. The van der Waals surface area contributed by atoms with Gasteiger partial charge in [0.1, 0.15) is 0 Å². The van der Waals surface area contributed by atoms with Gasteiger partial charge in [-0.1, -0.05) is 93.0 Å². The van der Waals surface area contributed by atoms with Gasteiger partial charge in [-0.25, -0.2) is 0 Å². The van der Waals surface area contributed by atoms with Gasteiger partial charge in [0, 0.05) is 52.5 Å². The molecule has 2 heterocycles. The predicted molar refractivity (Wildman–Crippen MR) is 205 cm³/mol. The van der Waals surface area contributed by atoms with E-state index in [1.165, 1.54) is 69.4 Å². The lowest BCUT2D eigenvalue weighted by Crippen LogP contribution is -2.60. The number of hydrogen-bond donors (Lipinski definition) is 3. The summed E-state index contributed by atoms with van der Waals surface area (Å²) in [5.41, 5.74) is -9.58. The molecule has 2 aromatic heterocycles. The number of aliphatic hydroxyl groups is 2. The molecule has 0 aliphatic carbocycles. The number of alkyl halides is 9. The summed E-state index contributed by atoms with van der Waals surface area (Å²) in [5, 5.41) is 25.4. The van der Waals surface area contributed by atoms with Crippen LogP contribution in [0.2, 0.25) is 5.02 Å². The molecule has 308 valence electrons. The Labute approximate surface area is 333 Å². The number of nitrogens with zero attached hydrogens (tertiary/aromatic N) is 1. The molecule has 0 aliphatic heterocycles. The first kappa shape index (κ1) is 43.0. The third-order valence-corrected chi connectivity index (χ3v) is 11.8. The van der Waals surface area contributed by atoms with Gasteiger partial charge in [0.05, 0.1) is 11.1 Å². The molecule has 4 aromatic carbocycles. The lowest BCUT2D eigenvalue weighted by molar-refractivity contribution is -0.292. The highest BCUT2D eigenvalue weighted by Crippen LogP contribution is 2.55. The van der Waals surface area contributed by atoms with Crippen LogP contribution in [0.15, 0.2) is 115 Å². The summed E-state index contributed by atoms with van der Waals surface area (Å²) in [6.07, 6.45) is -17.2. The average molecular weight is 835 g/mol. The number of pyridine rings is 1. The minimum atomic E-state index is -5.44. The molecule has 0 fully saturated rings. The molecule has 5 atom stereocenters. The van der Waals surface area contributed by atoms with Crippen molar-refractivity contribution in [1.82, 2.24) is 9.97 Å². The van der Waals surface area contributed by atoms with E-state index in [1.54, 1.807) is 42.5 Å². The molecule has 5 unspecified atom stereocenters. The van der Waals surface area contributed by atoms with Gasteiger partial charge >= 0.3 is 18.5 Å². The van der Waals surface area contributed by atoms with Crippen LogP contribution in [-0.4, -0.2) is 43.7 Å². The number of aromatic nitrogens is 2. The van der Waals surface area contributed by atoms with Crippen LogP contribution in [0.3, 0.4) is 0 Å². The Hall–Kier alpha value is -4.59. The zero-order valence-corrected chi connectivity index (χ0v) is 32.2. The normalized spacial score (nSPS) is 16.8. The first-order chi connectivity index (χ1) is 27.0. The standard InChI is InChI=1S/C44H40ClF9N2O2/c1-26(38(28-10-8-11-32(45)22-28)41(58,44(52,53)54)25-33-23-27-9-4-6-13-35(27)56-33)21-37(39(2,3)30-15-17-31(18-16-30)42(46,47)48)40(57,43(49,50)51)24-29-19-20-55-36-14-7-5-12-34(29)36/h4-20,22-23,26,37-38,56-58H,21,24-25H2,1-3H3. The maximum absolute atomic E-state index is 15.9. The molecule has 14 heteroatoms. The largest absolute Gasteiger partial charge is 0.418 e. The van der Waals surface area contributed by atoms with Crippen LogP contribution in [0, 0.1) is 11.8 Å². The van der Waals surface area contributed by atoms with Crippen molar-refractivity contribution in [3.63, 3.8) is 0 Å². The van der Waals surface area contributed by atoms with Gasteiger partial charge in [0.15, 0.2) is 11.2 Å². The minimum absolute atomic E-state index is 0.00162. The number of hydrogen-bond acceptors (Lipinski definition) is 3. The third-order valence-electron chi connectivity index (χ3n) is 11.5. The van der Waals surface area contributed by atoms with Gasteiger partial charge in [-0.2, -0.15) is 39.5 Å². The third kappa shape index (κ3) is 8.31. The summed E-state index contributed by atoms with van der Waals surface area (Å²) in [7, 11) is 0. The van der Waals surface area contributed by atoms with E-state index >= 15 is 26.3 Å². The molecule has 0 bridgehead atoms. The van der Waals surface area contributed by atoms with E-state index in [4.69, 9.17) is 11.6 Å². The molecule has 3 N–H and O–H groups in total. The van der Waals surface area contributed by atoms with Crippen LogP contribution in [0.1, 0.15) is 61.1 Å². The number of nitrogens with one attached hydrogen (secondary N) is 1. The van der Waals surface area contributed by atoms with Crippen molar-refractivity contribution >= 4 is 33.4 Å². The molecule has 58 heavy (non-hydrogen) atoms. The Morgan fingerprint density at radius 1 is 0.690 bits per heavy atom. The van der Waals surface area contributed by atoms with Crippen molar-refractivity contribution in [1.29, 1.82) is 0 Å². The molecule has 0 spiro atoms. The Bertz CT molecular complexity index is 2330. The fraction of sp³-hybridized carbons (Fsp3) is 0.341. The molecule has 4 nitrogen and oxygen atoms in total. The second-order valence-corrected chi connectivity index (χ2v) is 16.1. The van der Waals surface area contributed by atoms with Crippen LogP contribution in [0.4, 0.5) is 39.5 Å². The summed E-state index contributed by atoms with van der Waals surface area (Å²) in [5.74, 6) is -5.52. The molecular weight excluding hydrogens is 795 g/mol. The van der Waals surface area contributed by atoms with E-state index in [1.807, 2.05) is 0 Å². The molecule has 0 aliphatic rings. The SMILES string of the molecule is CC(CC(C(C)(C)c1ccc(C(F)(F)F)cc1)C(O)(Cc1ccnc2ccccc12)C(F)(F)F)C(c1cccc(Cl)c1)C(O)(Cc1cc2ccccc2[nH]1)C(F)(F)F. The quantitative estimate of drug-likeness (QED) is 0.108. The van der Waals surface area contributed by atoms with E-state index in [0.717, 1.165) is 12.1 Å². The van der Waals surface area contributed by atoms with E-state index in [-0.39, 0.29) is 32.8 Å². The van der Waals surface area contributed by atoms with Gasteiger partial charge < -0.3 is 15.2 Å². The maximum atomic E-state index is 15.9. The van der Waals surface area contributed by atoms with Gasteiger partial charge in [-0.3, -0.25) is 4.98 Å². The monoisotopic (exact) mass is 834 g/mol. The number of halogens is 10. The topological polar surface area (TPSA) is 69.1 Å². The van der Waals surface area contributed by atoms with Crippen LogP contribution >= 0.6 is 11.6 Å². The van der Waals surface area contributed by atoms with E-state index < -0.39 is 77.7 Å². The average Bonchev–Trinajstić information content (AvgIpc) is 3.55. The van der Waals surface area contributed by atoms with Gasteiger partial charge in [0.2, 0.25) is 0 Å². The van der Waals surface area contributed by atoms with Crippen LogP contribution in [-0.2, 0) is 24.4 Å². The van der Waals surface area contributed by atoms with Crippen LogP contribution < -0.4 is 0 Å². The van der Waals surface area contributed by atoms with Crippen LogP contribution in [0.5, 0.6) is 0 Å². The fourth-order valence-corrected chi connectivity index (χ4v) is 8.78. The van der Waals surface area contributed by atoms with Crippen molar-refractivity contribution in [3.8, 4) is 0 Å². The molecule has 6 rings (SSSR count). The lowest BCUT2D eigenvalue weighted by Gasteiger charge is -2.49. The summed E-state index contributed by atoms with van der Waals surface area (Å²) in [4.78, 5) is 7.12. The smallest absolute Gasteiger partial charge is 0.380 e. The number of aromatic amines is 1. The molecular formula is C44H40ClF9N2O2. The van der Waals surface area contributed by atoms with Gasteiger partial charge in [-0.05, 0) is 88.4 Å². The van der Waals surface area contributed by atoms with Crippen molar-refractivity contribution in [2.75, 3.05) is 0 Å². The highest BCUT2D eigenvalue weighted by Gasteiger charge is 2.64. The predicted octanol–water partition coefficient (Wildman–Crippen LogP) is 12.2. The fourth-order valence-electron chi connectivity index (χ4n) is 8.59. The first-order valence-corrected chi connectivity index (χ1v) is 18.7. The zero-order chi connectivity index (χ0) is 42.5. The number of benzene rings is 4. The second kappa shape index (κ2) is 15.5. The molecule has 6 aromatic rings. The van der Waals surface area contributed by atoms with Crippen LogP contribution in [0.25, 0.3) is 21.8 Å². The van der Waals surface area contributed by atoms with Crippen molar-refractivity contribution in [2.24, 2.45) is 11.8 Å².